The monoisotopic (exact) mass is 261 g/mol. The van der Waals surface area contributed by atoms with Gasteiger partial charge in [-0.2, -0.15) is 0 Å². The van der Waals surface area contributed by atoms with Gasteiger partial charge in [0.05, 0.1) is 5.56 Å². The standard InChI is InChI=1S/C15H19NO3/c1-10-3-5-13(6-4-10)15(18)19-9-14(17)16-11(2)12-7-8-12/h3-6,11-12H,7-9H2,1-2H3,(H,16,17)/t11-/m1/s1. The highest BCUT2D eigenvalue weighted by molar-refractivity contribution is 5.91. The third-order valence-electron chi connectivity index (χ3n) is 3.34. The molecule has 1 fully saturated rings. The van der Waals surface area contributed by atoms with Crippen LogP contribution in [0.4, 0.5) is 0 Å². The molecule has 1 aromatic carbocycles. The molecule has 1 aliphatic rings. The van der Waals surface area contributed by atoms with Crippen LogP contribution in [0.3, 0.4) is 0 Å². The second-order valence-corrected chi connectivity index (χ2v) is 5.14. The van der Waals surface area contributed by atoms with Gasteiger partial charge >= 0.3 is 5.97 Å². The summed E-state index contributed by atoms with van der Waals surface area (Å²) in [4.78, 5) is 23.3. The third-order valence-corrected chi connectivity index (χ3v) is 3.34. The number of rotatable bonds is 5. The van der Waals surface area contributed by atoms with Crippen molar-refractivity contribution in [2.45, 2.75) is 32.7 Å². The van der Waals surface area contributed by atoms with Gasteiger partial charge in [0.15, 0.2) is 6.61 Å². The number of hydrogen-bond donors (Lipinski definition) is 1. The average molecular weight is 261 g/mol. The lowest BCUT2D eigenvalue weighted by molar-refractivity contribution is -0.124. The van der Waals surface area contributed by atoms with Crippen LogP contribution in [0.5, 0.6) is 0 Å². The molecule has 0 unspecified atom stereocenters. The smallest absolute Gasteiger partial charge is 0.338 e. The molecule has 1 N–H and O–H groups in total. The highest BCUT2D eigenvalue weighted by Gasteiger charge is 2.28. The first-order valence-corrected chi connectivity index (χ1v) is 6.59. The van der Waals surface area contributed by atoms with Crippen LogP contribution in [0.15, 0.2) is 24.3 Å². The van der Waals surface area contributed by atoms with Crippen molar-refractivity contribution in [1.29, 1.82) is 0 Å². The normalized spacial score (nSPS) is 15.7. The van der Waals surface area contributed by atoms with Gasteiger partial charge in [-0.15, -0.1) is 0 Å². The second kappa shape index (κ2) is 5.87. The van der Waals surface area contributed by atoms with E-state index in [0.717, 1.165) is 5.56 Å². The summed E-state index contributed by atoms with van der Waals surface area (Å²) in [6.07, 6.45) is 2.34. The third kappa shape index (κ3) is 4.09. The van der Waals surface area contributed by atoms with E-state index in [-0.39, 0.29) is 18.6 Å². The van der Waals surface area contributed by atoms with Gasteiger partial charge in [0.1, 0.15) is 0 Å². The van der Waals surface area contributed by atoms with Crippen molar-refractivity contribution in [2.24, 2.45) is 5.92 Å². The molecule has 0 heterocycles. The van der Waals surface area contributed by atoms with Gasteiger partial charge in [-0.05, 0) is 44.7 Å². The molecule has 102 valence electrons. The molecule has 4 nitrogen and oxygen atoms in total. The molecule has 0 spiro atoms. The van der Waals surface area contributed by atoms with E-state index in [9.17, 15) is 9.59 Å². The Labute approximate surface area is 113 Å². The van der Waals surface area contributed by atoms with Crippen LogP contribution >= 0.6 is 0 Å². The number of carbonyl (C=O) groups is 2. The zero-order chi connectivity index (χ0) is 13.8. The van der Waals surface area contributed by atoms with Crippen LogP contribution < -0.4 is 5.32 Å². The zero-order valence-corrected chi connectivity index (χ0v) is 11.3. The minimum absolute atomic E-state index is 0.172. The first-order valence-electron chi connectivity index (χ1n) is 6.59. The van der Waals surface area contributed by atoms with Crippen molar-refractivity contribution in [3.05, 3.63) is 35.4 Å². The van der Waals surface area contributed by atoms with E-state index < -0.39 is 5.97 Å². The minimum Gasteiger partial charge on any atom is -0.452 e. The molecule has 0 aromatic heterocycles. The Morgan fingerprint density at radius 1 is 1.32 bits per heavy atom. The number of nitrogens with one attached hydrogen (secondary N) is 1. The number of benzene rings is 1. The molecule has 0 bridgehead atoms. The Bertz CT molecular complexity index is 463. The predicted octanol–water partition coefficient (Wildman–Crippen LogP) is 2.07. The molecule has 1 aliphatic carbocycles. The molecule has 0 aliphatic heterocycles. The van der Waals surface area contributed by atoms with Crippen molar-refractivity contribution in [1.82, 2.24) is 5.32 Å². The summed E-state index contributed by atoms with van der Waals surface area (Å²) in [5.41, 5.74) is 1.54. The van der Waals surface area contributed by atoms with Crippen LogP contribution in [-0.4, -0.2) is 24.5 Å². The highest BCUT2D eigenvalue weighted by Crippen LogP contribution is 2.32. The number of ether oxygens (including phenoxy) is 1. The Hall–Kier alpha value is -1.84. The molecule has 2 rings (SSSR count). The SMILES string of the molecule is Cc1ccc(C(=O)OCC(=O)N[C@H](C)C2CC2)cc1. The average Bonchev–Trinajstić information content (AvgIpc) is 3.21. The molecule has 1 aromatic rings. The number of hydrogen-bond acceptors (Lipinski definition) is 3. The van der Waals surface area contributed by atoms with Gasteiger partial charge in [-0.3, -0.25) is 4.79 Å². The van der Waals surface area contributed by atoms with E-state index in [1.165, 1.54) is 12.8 Å². The number of aryl methyl sites for hydroxylation is 1. The molecule has 19 heavy (non-hydrogen) atoms. The molecular formula is C15H19NO3. The lowest BCUT2D eigenvalue weighted by atomic mass is 10.1. The summed E-state index contributed by atoms with van der Waals surface area (Å²) in [7, 11) is 0. The van der Waals surface area contributed by atoms with Gasteiger partial charge < -0.3 is 10.1 Å². The van der Waals surface area contributed by atoms with E-state index in [4.69, 9.17) is 4.74 Å². The van der Waals surface area contributed by atoms with Crippen LogP contribution in [0.25, 0.3) is 0 Å². The van der Waals surface area contributed by atoms with E-state index in [2.05, 4.69) is 5.32 Å². The first-order chi connectivity index (χ1) is 9.06. The number of esters is 1. The van der Waals surface area contributed by atoms with E-state index in [0.29, 0.717) is 11.5 Å². The summed E-state index contributed by atoms with van der Waals surface area (Å²) in [6.45, 7) is 3.71. The Morgan fingerprint density at radius 2 is 1.95 bits per heavy atom. The summed E-state index contributed by atoms with van der Waals surface area (Å²) in [5.74, 6) is -0.106. The van der Waals surface area contributed by atoms with Crippen molar-refractivity contribution < 1.29 is 14.3 Å². The molecule has 0 saturated heterocycles. The van der Waals surface area contributed by atoms with Crippen LogP contribution in [0.1, 0.15) is 35.7 Å². The molecule has 1 amide bonds. The fourth-order valence-corrected chi connectivity index (χ4v) is 1.91. The van der Waals surface area contributed by atoms with Crippen molar-refractivity contribution in [3.63, 3.8) is 0 Å². The van der Waals surface area contributed by atoms with Gasteiger partial charge in [0, 0.05) is 6.04 Å². The quantitative estimate of drug-likeness (QED) is 0.825. The van der Waals surface area contributed by atoms with E-state index >= 15 is 0 Å². The Morgan fingerprint density at radius 3 is 2.53 bits per heavy atom. The topological polar surface area (TPSA) is 55.4 Å². The maximum Gasteiger partial charge on any atom is 0.338 e. The number of amides is 1. The highest BCUT2D eigenvalue weighted by atomic mass is 16.5. The fraction of sp³-hybridized carbons (Fsp3) is 0.467. The van der Waals surface area contributed by atoms with Crippen molar-refractivity contribution in [2.75, 3.05) is 6.61 Å². The molecule has 4 heteroatoms. The van der Waals surface area contributed by atoms with Gasteiger partial charge in [-0.25, -0.2) is 4.79 Å². The maximum absolute atomic E-state index is 11.7. The fourth-order valence-electron chi connectivity index (χ4n) is 1.91. The zero-order valence-electron chi connectivity index (χ0n) is 11.3. The summed E-state index contributed by atoms with van der Waals surface area (Å²) >= 11 is 0. The van der Waals surface area contributed by atoms with Gasteiger partial charge in [-0.1, -0.05) is 17.7 Å². The molecule has 1 saturated carbocycles. The van der Waals surface area contributed by atoms with Crippen LogP contribution in [0, 0.1) is 12.8 Å². The Balaban J connectivity index is 1.76. The largest absolute Gasteiger partial charge is 0.452 e. The van der Waals surface area contributed by atoms with Crippen molar-refractivity contribution >= 4 is 11.9 Å². The summed E-state index contributed by atoms with van der Waals surface area (Å²) in [6, 6.07) is 7.24. The Kier molecular flexibility index (Phi) is 4.20. The lowest BCUT2D eigenvalue weighted by Gasteiger charge is -2.12. The molecule has 0 radical (unpaired) electrons. The number of carbonyl (C=O) groups excluding carboxylic acids is 2. The second-order valence-electron chi connectivity index (χ2n) is 5.14. The summed E-state index contributed by atoms with van der Waals surface area (Å²) in [5, 5.41) is 2.84. The van der Waals surface area contributed by atoms with E-state index in [1.807, 2.05) is 26.0 Å². The van der Waals surface area contributed by atoms with Crippen molar-refractivity contribution in [3.8, 4) is 0 Å². The minimum atomic E-state index is -0.464. The predicted molar refractivity (Wildman–Crippen MR) is 71.8 cm³/mol. The maximum atomic E-state index is 11.7. The van der Waals surface area contributed by atoms with Crippen LogP contribution in [0.2, 0.25) is 0 Å². The van der Waals surface area contributed by atoms with Gasteiger partial charge in [0.25, 0.3) is 5.91 Å². The van der Waals surface area contributed by atoms with Crippen LogP contribution in [-0.2, 0) is 9.53 Å². The molecule has 1 atom stereocenters. The first kappa shape index (κ1) is 13.6. The lowest BCUT2D eigenvalue weighted by Crippen LogP contribution is -2.37. The van der Waals surface area contributed by atoms with Gasteiger partial charge in [0.2, 0.25) is 0 Å². The van der Waals surface area contributed by atoms with E-state index in [1.54, 1.807) is 12.1 Å². The molecular weight excluding hydrogens is 242 g/mol. The summed E-state index contributed by atoms with van der Waals surface area (Å²) < 4.78 is 4.98.